The maximum atomic E-state index is 13.4. The second kappa shape index (κ2) is 12.5. The summed E-state index contributed by atoms with van der Waals surface area (Å²) in [5.41, 5.74) is 6.61. The zero-order valence-corrected chi connectivity index (χ0v) is 20.3. The van der Waals surface area contributed by atoms with Crippen LogP contribution in [0.2, 0.25) is 0 Å². The molecule has 1 aliphatic rings. The number of rotatable bonds is 13. The molecule has 0 aliphatic carbocycles. The molecule has 1 heterocycles. The fraction of sp³-hybridized carbons (Fsp3) is 0.462. The van der Waals surface area contributed by atoms with Crippen LogP contribution in [0.15, 0.2) is 59.6 Å². The van der Waals surface area contributed by atoms with Gasteiger partial charge in [-0.3, -0.25) is 10.2 Å². The van der Waals surface area contributed by atoms with E-state index in [-0.39, 0.29) is 12.5 Å². The van der Waals surface area contributed by atoms with Crippen LogP contribution in [0.4, 0.5) is 0 Å². The molecule has 8 heteroatoms. The van der Waals surface area contributed by atoms with Crippen LogP contribution in [0.5, 0.6) is 5.75 Å². The number of amides is 1. The van der Waals surface area contributed by atoms with Crippen molar-refractivity contribution in [3.63, 3.8) is 0 Å². The first kappa shape index (κ1) is 25.7. The average Bonchev–Trinajstić information content (AvgIpc) is 3.16. The van der Waals surface area contributed by atoms with Gasteiger partial charge in [0, 0.05) is 31.6 Å². The first-order valence-corrected chi connectivity index (χ1v) is 11.8. The summed E-state index contributed by atoms with van der Waals surface area (Å²) >= 11 is 0. The highest BCUT2D eigenvalue weighted by molar-refractivity contribution is 6.00. The van der Waals surface area contributed by atoms with Crippen molar-refractivity contribution < 1.29 is 19.4 Å². The summed E-state index contributed by atoms with van der Waals surface area (Å²) in [5, 5.41) is 8.91. The van der Waals surface area contributed by atoms with Crippen LogP contribution >= 0.6 is 0 Å². The van der Waals surface area contributed by atoms with Crippen molar-refractivity contribution in [1.29, 1.82) is 0 Å². The smallest absolute Gasteiger partial charge is 0.266 e. The number of ether oxygens (including phenoxy) is 2. The van der Waals surface area contributed by atoms with Crippen LogP contribution in [0.3, 0.4) is 0 Å². The van der Waals surface area contributed by atoms with Crippen LogP contribution in [0.1, 0.15) is 30.9 Å². The monoisotopic (exact) mass is 468 g/mol. The molecular formula is C26H36N4O4. The standard InChI is InChI=1S/C26H36N4O4/c1-20-26(19-21-9-5-4-6-10-21,25(32)29-27-15-7-16-30(2)3)28-24(34-20)22-11-13-23(14-12-22)33-18-8-17-31/h4-6,9-14,20,27,31H,7-8,15-19H2,1-3H3,(H,29,32)/t20-,26-/m0/s1. The van der Waals surface area contributed by atoms with Crippen LogP contribution in [-0.2, 0) is 16.0 Å². The van der Waals surface area contributed by atoms with E-state index in [1.165, 1.54) is 0 Å². The average molecular weight is 469 g/mol. The van der Waals surface area contributed by atoms with E-state index in [2.05, 4.69) is 15.8 Å². The number of hydrogen-bond acceptors (Lipinski definition) is 7. The number of aliphatic hydroxyl groups excluding tert-OH is 1. The highest BCUT2D eigenvalue weighted by Gasteiger charge is 2.50. The molecule has 1 amide bonds. The van der Waals surface area contributed by atoms with Crippen molar-refractivity contribution in [2.75, 3.05) is 40.4 Å². The van der Waals surface area contributed by atoms with E-state index in [1.807, 2.05) is 75.6 Å². The zero-order chi connectivity index (χ0) is 24.4. The van der Waals surface area contributed by atoms with Crippen molar-refractivity contribution in [2.24, 2.45) is 4.99 Å². The molecule has 8 nitrogen and oxygen atoms in total. The van der Waals surface area contributed by atoms with Gasteiger partial charge >= 0.3 is 0 Å². The van der Waals surface area contributed by atoms with Gasteiger partial charge in [-0.05, 0) is 63.8 Å². The summed E-state index contributed by atoms with van der Waals surface area (Å²) in [6.45, 7) is 4.02. The molecule has 0 unspecified atom stereocenters. The maximum absolute atomic E-state index is 13.4. The van der Waals surface area contributed by atoms with Gasteiger partial charge in [-0.25, -0.2) is 10.4 Å². The summed E-state index contributed by atoms with van der Waals surface area (Å²) in [5.74, 6) is 0.930. The van der Waals surface area contributed by atoms with E-state index in [9.17, 15) is 4.79 Å². The minimum atomic E-state index is -1.10. The highest BCUT2D eigenvalue weighted by Crippen LogP contribution is 2.32. The third kappa shape index (κ3) is 6.79. The molecule has 0 aromatic heterocycles. The van der Waals surface area contributed by atoms with Gasteiger partial charge in [0.05, 0.1) is 6.61 Å². The number of benzene rings is 2. The predicted molar refractivity (Wildman–Crippen MR) is 133 cm³/mol. The lowest BCUT2D eigenvalue weighted by Crippen LogP contribution is -2.56. The summed E-state index contributed by atoms with van der Waals surface area (Å²) in [6, 6.07) is 17.3. The van der Waals surface area contributed by atoms with E-state index < -0.39 is 11.6 Å². The molecule has 3 N–H and O–H groups in total. The number of carbonyl (C=O) groups excluding carboxylic acids is 1. The highest BCUT2D eigenvalue weighted by atomic mass is 16.5. The van der Waals surface area contributed by atoms with Gasteiger partial charge in [0.25, 0.3) is 5.91 Å². The third-order valence-corrected chi connectivity index (χ3v) is 5.75. The zero-order valence-electron chi connectivity index (χ0n) is 20.3. The van der Waals surface area contributed by atoms with Gasteiger partial charge in [-0.2, -0.15) is 0 Å². The molecule has 184 valence electrons. The number of aliphatic hydroxyl groups is 1. The molecule has 0 bridgehead atoms. The third-order valence-electron chi connectivity index (χ3n) is 5.75. The van der Waals surface area contributed by atoms with Crippen LogP contribution < -0.4 is 15.6 Å². The number of carbonyl (C=O) groups is 1. The second-order valence-corrected chi connectivity index (χ2v) is 8.75. The maximum Gasteiger partial charge on any atom is 0.266 e. The lowest BCUT2D eigenvalue weighted by molar-refractivity contribution is -0.129. The van der Waals surface area contributed by atoms with E-state index in [0.29, 0.717) is 37.6 Å². The number of hydrazine groups is 1. The van der Waals surface area contributed by atoms with Crippen molar-refractivity contribution in [1.82, 2.24) is 15.8 Å². The molecule has 2 aromatic carbocycles. The SMILES string of the molecule is C[C@@H]1OC(c2ccc(OCCCO)cc2)=N[C@]1(Cc1ccccc1)C(=O)NNCCCN(C)C. The lowest BCUT2D eigenvalue weighted by atomic mass is 9.86. The molecule has 1 aliphatic heterocycles. The van der Waals surface area contributed by atoms with Crippen molar-refractivity contribution in [3.05, 3.63) is 65.7 Å². The summed E-state index contributed by atoms with van der Waals surface area (Å²) in [4.78, 5) is 20.4. The van der Waals surface area contributed by atoms with E-state index in [1.54, 1.807) is 0 Å². The molecule has 34 heavy (non-hydrogen) atoms. The molecule has 0 fully saturated rings. The van der Waals surface area contributed by atoms with E-state index in [4.69, 9.17) is 19.6 Å². The summed E-state index contributed by atoms with van der Waals surface area (Å²) < 4.78 is 11.7. The fourth-order valence-corrected chi connectivity index (χ4v) is 3.78. The molecule has 2 aromatic rings. The Hall–Kier alpha value is -2.94. The van der Waals surface area contributed by atoms with Crippen LogP contribution in [-0.4, -0.2) is 73.9 Å². The van der Waals surface area contributed by atoms with Gasteiger partial charge in [0.15, 0.2) is 5.54 Å². The summed E-state index contributed by atoms with van der Waals surface area (Å²) in [6.07, 6.45) is 1.46. The first-order chi connectivity index (χ1) is 16.4. The Morgan fingerprint density at radius 2 is 1.88 bits per heavy atom. The molecule has 2 atom stereocenters. The molecule has 0 saturated heterocycles. The number of nitrogens with one attached hydrogen (secondary N) is 2. The Balaban J connectivity index is 1.78. The number of aliphatic imine (C=N–C) groups is 1. The Kier molecular flexibility index (Phi) is 9.44. The Labute approximate surface area is 201 Å². The van der Waals surface area contributed by atoms with Crippen LogP contribution in [0.25, 0.3) is 0 Å². The molecular weight excluding hydrogens is 432 g/mol. The number of hydrogen-bond donors (Lipinski definition) is 3. The minimum absolute atomic E-state index is 0.0939. The van der Waals surface area contributed by atoms with Crippen molar-refractivity contribution in [3.8, 4) is 5.75 Å². The van der Waals surface area contributed by atoms with E-state index >= 15 is 0 Å². The van der Waals surface area contributed by atoms with E-state index in [0.717, 1.165) is 24.1 Å². The second-order valence-electron chi connectivity index (χ2n) is 8.75. The van der Waals surface area contributed by atoms with Crippen molar-refractivity contribution >= 4 is 11.8 Å². The predicted octanol–water partition coefficient (Wildman–Crippen LogP) is 2.17. The Morgan fingerprint density at radius 3 is 2.56 bits per heavy atom. The lowest BCUT2D eigenvalue weighted by Gasteiger charge is -2.28. The molecule has 3 rings (SSSR count). The Bertz CT molecular complexity index is 934. The van der Waals surface area contributed by atoms with Gasteiger partial charge in [0.2, 0.25) is 5.90 Å². The van der Waals surface area contributed by atoms with Gasteiger partial charge < -0.3 is 19.5 Å². The summed E-state index contributed by atoms with van der Waals surface area (Å²) in [7, 11) is 4.05. The fourth-order valence-electron chi connectivity index (χ4n) is 3.78. The minimum Gasteiger partial charge on any atom is -0.494 e. The molecule has 0 saturated carbocycles. The first-order valence-electron chi connectivity index (χ1n) is 11.8. The van der Waals surface area contributed by atoms with Crippen molar-refractivity contribution in [2.45, 2.75) is 37.8 Å². The normalized spacial score (nSPS) is 19.6. The molecule has 0 spiro atoms. The van der Waals surface area contributed by atoms with Gasteiger partial charge in [-0.1, -0.05) is 30.3 Å². The molecule has 0 radical (unpaired) electrons. The van der Waals surface area contributed by atoms with Gasteiger partial charge in [0.1, 0.15) is 11.9 Å². The van der Waals surface area contributed by atoms with Gasteiger partial charge in [-0.15, -0.1) is 0 Å². The Morgan fingerprint density at radius 1 is 1.15 bits per heavy atom. The van der Waals surface area contributed by atoms with Crippen LogP contribution in [0, 0.1) is 0 Å². The largest absolute Gasteiger partial charge is 0.494 e. The number of nitrogens with zero attached hydrogens (tertiary/aromatic N) is 2. The topological polar surface area (TPSA) is 95.4 Å². The quantitative estimate of drug-likeness (QED) is 0.308.